The Morgan fingerprint density at radius 2 is 2.00 bits per heavy atom. The van der Waals surface area contributed by atoms with Crippen molar-refractivity contribution in [1.82, 2.24) is 0 Å². The van der Waals surface area contributed by atoms with Crippen LogP contribution in [0.25, 0.3) is 0 Å². The second-order valence-electron chi connectivity index (χ2n) is 1.85. The Morgan fingerprint density at radius 3 is 2.50 bits per heavy atom. The highest BCUT2D eigenvalue weighted by molar-refractivity contribution is 7.98. The molecule has 0 unspecified atom stereocenters. The maximum absolute atomic E-state index is 5.12. The lowest BCUT2D eigenvalue weighted by Crippen LogP contribution is -1.83. The molecule has 0 aliphatic carbocycles. The van der Waals surface area contributed by atoms with Crippen molar-refractivity contribution >= 4 is 11.8 Å². The normalized spacial score (nSPS) is 9.40. The number of para-hydroxylation sites is 1. The van der Waals surface area contributed by atoms with Gasteiger partial charge in [0, 0.05) is 4.90 Å². The van der Waals surface area contributed by atoms with Crippen molar-refractivity contribution in [3.8, 4) is 5.75 Å². The molecule has 0 N–H and O–H groups in total. The first-order valence-corrected chi connectivity index (χ1v) is 4.28. The lowest BCUT2D eigenvalue weighted by molar-refractivity contribution is 0.405. The molecule has 1 aromatic rings. The molecule has 1 rings (SSSR count). The van der Waals surface area contributed by atoms with Gasteiger partial charge in [0.15, 0.2) is 0 Å². The van der Waals surface area contributed by atoms with Crippen LogP contribution in [0.4, 0.5) is 0 Å². The van der Waals surface area contributed by atoms with E-state index in [9.17, 15) is 0 Å². The highest BCUT2D eigenvalue weighted by Crippen LogP contribution is 2.25. The van der Waals surface area contributed by atoms with E-state index in [1.165, 1.54) is 4.90 Å². The largest absolute Gasteiger partial charge is 0.496 e. The highest BCUT2D eigenvalue weighted by Gasteiger charge is 1.96. The van der Waals surface area contributed by atoms with Crippen molar-refractivity contribution in [1.29, 1.82) is 0 Å². The number of hydrogen-bond donors (Lipinski definition) is 0. The third-order valence-corrected chi connectivity index (χ3v) is 2.07. The smallest absolute Gasteiger partial charge is 0.132 e. The van der Waals surface area contributed by atoms with Gasteiger partial charge in [-0.05, 0) is 18.4 Å². The van der Waals surface area contributed by atoms with Crippen LogP contribution in [-0.4, -0.2) is 13.4 Å². The zero-order valence-corrected chi connectivity index (χ0v) is 6.94. The predicted molar refractivity (Wildman–Crippen MR) is 44.8 cm³/mol. The van der Waals surface area contributed by atoms with Crippen LogP contribution in [0.5, 0.6) is 5.75 Å². The average Bonchev–Trinajstić information content (AvgIpc) is 2.04. The SMILES string of the molecule is COc1ccccc1SC. The lowest BCUT2D eigenvalue weighted by atomic mass is 10.3. The van der Waals surface area contributed by atoms with Crippen molar-refractivity contribution in [2.24, 2.45) is 0 Å². The van der Waals surface area contributed by atoms with Crippen molar-refractivity contribution < 1.29 is 4.74 Å². The quantitative estimate of drug-likeness (QED) is 0.605. The Bertz CT molecular complexity index is 187. The van der Waals surface area contributed by atoms with Crippen molar-refractivity contribution in [3.05, 3.63) is 24.3 Å². The Balaban J connectivity index is 2.96. The fraction of sp³-hybridized carbons (Fsp3) is 0.250. The minimum absolute atomic E-state index is 0.954. The first-order valence-electron chi connectivity index (χ1n) is 3.05. The van der Waals surface area contributed by atoms with Crippen molar-refractivity contribution in [2.45, 2.75) is 4.90 Å². The third-order valence-electron chi connectivity index (χ3n) is 1.29. The first-order chi connectivity index (χ1) is 4.88. The standard InChI is InChI=1S/C8H10OS/c1-9-7-5-3-4-6-8(7)10-2/h3-6H,1-2H3. The summed E-state index contributed by atoms with van der Waals surface area (Å²) in [5.41, 5.74) is 0. The number of thioether (sulfide) groups is 1. The molecule has 54 valence electrons. The molecule has 1 aromatic carbocycles. The summed E-state index contributed by atoms with van der Waals surface area (Å²) < 4.78 is 5.12. The van der Waals surface area contributed by atoms with Gasteiger partial charge in [0.1, 0.15) is 5.75 Å². The molecule has 0 aromatic heterocycles. The van der Waals surface area contributed by atoms with Gasteiger partial charge >= 0.3 is 0 Å². The first kappa shape index (κ1) is 7.48. The zero-order valence-electron chi connectivity index (χ0n) is 6.13. The van der Waals surface area contributed by atoms with Gasteiger partial charge in [-0.2, -0.15) is 0 Å². The lowest BCUT2D eigenvalue weighted by Gasteiger charge is -2.03. The Kier molecular flexibility index (Phi) is 2.63. The van der Waals surface area contributed by atoms with Gasteiger partial charge in [-0.3, -0.25) is 0 Å². The van der Waals surface area contributed by atoms with Crippen LogP contribution < -0.4 is 4.74 Å². The van der Waals surface area contributed by atoms with Crippen LogP contribution in [0.1, 0.15) is 0 Å². The minimum Gasteiger partial charge on any atom is -0.496 e. The summed E-state index contributed by atoms with van der Waals surface area (Å²) >= 11 is 1.69. The van der Waals surface area contributed by atoms with E-state index in [-0.39, 0.29) is 0 Å². The summed E-state index contributed by atoms with van der Waals surface area (Å²) in [6.07, 6.45) is 2.04. The Hall–Kier alpha value is -0.630. The fourth-order valence-electron chi connectivity index (χ4n) is 0.787. The van der Waals surface area contributed by atoms with Crippen LogP contribution in [0.15, 0.2) is 29.2 Å². The van der Waals surface area contributed by atoms with Crippen molar-refractivity contribution in [2.75, 3.05) is 13.4 Å². The maximum Gasteiger partial charge on any atom is 0.132 e. The average molecular weight is 154 g/mol. The summed E-state index contributed by atoms with van der Waals surface area (Å²) in [5.74, 6) is 0.954. The van der Waals surface area contributed by atoms with Crippen LogP contribution in [0.3, 0.4) is 0 Å². The monoisotopic (exact) mass is 154 g/mol. The summed E-state index contributed by atoms with van der Waals surface area (Å²) in [5, 5.41) is 0. The third kappa shape index (κ3) is 1.45. The molecule has 0 fully saturated rings. The van der Waals surface area contributed by atoms with Crippen LogP contribution in [0.2, 0.25) is 0 Å². The molecule has 0 amide bonds. The van der Waals surface area contributed by atoms with Crippen LogP contribution in [0, 0.1) is 0 Å². The number of methoxy groups -OCH3 is 1. The predicted octanol–water partition coefficient (Wildman–Crippen LogP) is 2.42. The molecule has 0 bridgehead atoms. The van der Waals surface area contributed by atoms with Gasteiger partial charge in [0.25, 0.3) is 0 Å². The van der Waals surface area contributed by atoms with E-state index in [4.69, 9.17) is 4.74 Å². The van der Waals surface area contributed by atoms with E-state index in [0.717, 1.165) is 5.75 Å². The van der Waals surface area contributed by atoms with E-state index < -0.39 is 0 Å². The fourth-order valence-corrected chi connectivity index (χ4v) is 1.35. The minimum atomic E-state index is 0.954. The van der Waals surface area contributed by atoms with E-state index in [2.05, 4.69) is 0 Å². The maximum atomic E-state index is 5.12. The van der Waals surface area contributed by atoms with Gasteiger partial charge < -0.3 is 4.74 Å². The Morgan fingerprint density at radius 1 is 1.30 bits per heavy atom. The second-order valence-corrected chi connectivity index (χ2v) is 2.70. The van der Waals surface area contributed by atoms with Gasteiger partial charge in [-0.25, -0.2) is 0 Å². The molecular formula is C8H10OS. The summed E-state index contributed by atoms with van der Waals surface area (Å²) in [6.45, 7) is 0. The van der Waals surface area contributed by atoms with E-state index in [1.54, 1.807) is 18.9 Å². The number of hydrogen-bond acceptors (Lipinski definition) is 2. The second kappa shape index (κ2) is 3.52. The zero-order chi connectivity index (χ0) is 7.40. The molecule has 0 saturated heterocycles. The van der Waals surface area contributed by atoms with Gasteiger partial charge in [-0.1, -0.05) is 12.1 Å². The highest BCUT2D eigenvalue weighted by atomic mass is 32.2. The van der Waals surface area contributed by atoms with Crippen molar-refractivity contribution in [3.63, 3.8) is 0 Å². The number of rotatable bonds is 2. The summed E-state index contributed by atoms with van der Waals surface area (Å²) in [7, 11) is 1.69. The molecule has 0 saturated carbocycles. The van der Waals surface area contributed by atoms with Gasteiger partial charge in [0.2, 0.25) is 0 Å². The van der Waals surface area contributed by atoms with E-state index in [1.807, 2.05) is 30.5 Å². The van der Waals surface area contributed by atoms with Gasteiger partial charge in [-0.15, -0.1) is 11.8 Å². The molecule has 0 radical (unpaired) electrons. The van der Waals surface area contributed by atoms with Crippen LogP contribution >= 0.6 is 11.8 Å². The molecule has 1 nitrogen and oxygen atoms in total. The van der Waals surface area contributed by atoms with Gasteiger partial charge in [0.05, 0.1) is 7.11 Å². The summed E-state index contributed by atoms with van der Waals surface area (Å²) in [6, 6.07) is 7.99. The van der Waals surface area contributed by atoms with E-state index in [0.29, 0.717) is 0 Å². The molecule has 2 heteroatoms. The molecule has 0 heterocycles. The molecule has 0 spiro atoms. The molecule has 0 aliphatic heterocycles. The van der Waals surface area contributed by atoms with Crippen LogP contribution in [-0.2, 0) is 0 Å². The number of benzene rings is 1. The Labute approximate surface area is 65.4 Å². The molecule has 10 heavy (non-hydrogen) atoms. The molecule has 0 aliphatic rings. The summed E-state index contributed by atoms with van der Waals surface area (Å²) in [4.78, 5) is 1.19. The topological polar surface area (TPSA) is 9.23 Å². The molecular weight excluding hydrogens is 144 g/mol. The number of ether oxygens (including phenoxy) is 1. The molecule has 0 atom stereocenters. The van der Waals surface area contributed by atoms with E-state index >= 15 is 0 Å².